The van der Waals surface area contributed by atoms with Crippen LogP contribution in [0.5, 0.6) is 0 Å². The van der Waals surface area contributed by atoms with E-state index in [4.69, 9.17) is 5.73 Å². The molecular formula is C24H28F3N7O. The summed E-state index contributed by atoms with van der Waals surface area (Å²) < 4.78 is 41.4. The average molecular weight is 488 g/mol. The van der Waals surface area contributed by atoms with Gasteiger partial charge in [0.1, 0.15) is 5.52 Å². The maximum Gasteiger partial charge on any atom is 0.416 e. The van der Waals surface area contributed by atoms with E-state index in [1.165, 1.54) is 6.07 Å². The minimum absolute atomic E-state index is 0.0317. The Hall–Kier alpha value is -3.34. The van der Waals surface area contributed by atoms with Gasteiger partial charge in [-0.3, -0.25) is 9.69 Å². The fraction of sp³-hybridized carbons (Fsp3) is 0.458. The highest BCUT2D eigenvalue weighted by molar-refractivity contribution is 5.94. The molecule has 5 rings (SSSR count). The lowest BCUT2D eigenvalue weighted by molar-refractivity contribution is -0.137. The summed E-state index contributed by atoms with van der Waals surface area (Å²) in [6.45, 7) is 4.88. The highest BCUT2D eigenvalue weighted by Gasteiger charge is 2.39. The smallest absolute Gasteiger partial charge is 0.399 e. The summed E-state index contributed by atoms with van der Waals surface area (Å²) >= 11 is 0. The fourth-order valence-corrected chi connectivity index (χ4v) is 5.14. The SMILES string of the molecule is Cc1cn2nc(C(=O)N3CC4CCC(C3)N4C)cc2c(N[C@H](C)c2cc(N)cc(C(F)(F)F)c2)n1. The average Bonchev–Trinajstić information content (AvgIpc) is 3.27. The zero-order valence-electron chi connectivity index (χ0n) is 19.8. The van der Waals surface area contributed by atoms with E-state index in [0.29, 0.717) is 53.5 Å². The van der Waals surface area contributed by atoms with Crippen molar-refractivity contribution in [2.75, 3.05) is 31.2 Å². The van der Waals surface area contributed by atoms with Crippen LogP contribution < -0.4 is 11.1 Å². The highest BCUT2D eigenvalue weighted by atomic mass is 19.4. The molecule has 11 heteroatoms. The van der Waals surface area contributed by atoms with Gasteiger partial charge in [-0.05, 0) is 57.5 Å². The van der Waals surface area contributed by atoms with Crippen LogP contribution in [-0.2, 0) is 6.18 Å². The standard InChI is InChI=1S/C24H28F3N7O/c1-13-10-34-21(9-20(31-34)23(35)33-11-18-4-5-19(12-33)32(18)3)22(29-13)30-14(2)15-6-16(24(25,26)27)8-17(28)7-15/h6-10,14,18-19H,4-5,11-12,28H2,1-3H3,(H,29,30)/t14-,18?,19?/m1/s1. The number of piperazine rings is 1. The van der Waals surface area contributed by atoms with Crippen molar-refractivity contribution in [1.29, 1.82) is 0 Å². The summed E-state index contributed by atoms with van der Waals surface area (Å²) in [4.78, 5) is 22.0. The molecule has 2 aliphatic heterocycles. The van der Waals surface area contributed by atoms with Gasteiger partial charge in [-0.1, -0.05) is 0 Å². The number of likely N-dealkylation sites (tertiary alicyclic amines) is 1. The number of carbonyl (C=O) groups excluding carboxylic acids is 1. The second kappa shape index (κ2) is 8.40. The van der Waals surface area contributed by atoms with Gasteiger partial charge >= 0.3 is 6.18 Å². The molecule has 0 saturated carbocycles. The zero-order valence-corrected chi connectivity index (χ0v) is 19.8. The van der Waals surface area contributed by atoms with E-state index in [-0.39, 0.29) is 11.6 Å². The number of aryl methyl sites for hydroxylation is 1. The van der Waals surface area contributed by atoms with Crippen molar-refractivity contribution in [2.45, 2.75) is 51.0 Å². The number of halogens is 3. The number of hydrogen-bond acceptors (Lipinski definition) is 6. The molecule has 2 saturated heterocycles. The van der Waals surface area contributed by atoms with Gasteiger partial charge in [-0.15, -0.1) is 0 Å². The molecule has 8 nitrogen and oxygen atoms in total. The number of amides is 1. The molecule has 3 atom stereocenters. The van der Waals surface area contributed by atoms with Crippen molar-refractivity contribution in [3.8, 4) is 0 Å². The van der Waals surface area contributed by atoms with Crippen LogP contribution in [0.15, 0.2) is 30.5 Å². The predicted octanol–water partition coefficient (Wildman–Crippen LogP) is 3.73. The molecule has 0 radical (unpaired) electrons. The summed E-state index contributed by atoms with van der Waals surface area (Å²) in [5.74, 6) is 0.305. The van der Waals surface area contributed by atoms with E-state index in [9.17, 15) is 18.0 Å². The van der Waals surface area contributed by atoms with E-state index in [2.05, 4.69) is 27.3 Å². The number of nitrogen functional groups attached to an aromatic ring is 1. The predicted molar refractivity (Wildman–Crippen MR) is 126 cm³/mol. The molecule has 3 N–H and O–H groups in total. The van der Waals surface area contributed by atoms with Gasteiger partial charge in [0.25, 0.3) is 5.91 Å². The lowest BCUT2D eigenvalue weighted by Crippen LogP contribution is -2.53. The number of hydrogen-bond donors (Lipinski definition) is 2. The first-order chi connectivity index (χ1) is 16.5. The van der Waals surface area contributed by atoms with Crippen LogP contribution in [0.4, 0.5) is 24.7 Å². The van der Waals surface area contributed by atoms with Crippen molar-refractivity contribution >= 4 is 22.9 Å². The summed E-state index contributed by atoms with van der Waals surface area (Å²) in [5, 5.41) is 7.69. The van der Waals surface area contributed by atoms with Crippen LogP contribution in [0.2, 0.25) is 0 Å². The largest absolute Gasteiger partial charge is 0.416 e. The Morgan fingerprint density at radius 2 is 1.86 bits per heavy atom. The molecule has 3 aromatic rings. The maximum absolute atomic E-state index is 13.3. The second-order valence-electron chi connectivity index (χ2n) is 9.60. The molecule has 2 aliphatic rings. The van der Waals surface area contributed by atoms with Crippen molar-refractivity contribution in [1.82, 2.24) is 24.4 Å². The van der Waals surface area contributed by atoms with Crippen LogP contribution in [0.1, 0.15) is 53.1 Å². The third-order valence-corrected chi connectivity index (χ3v) is 7.09. The van der Waals surface area contributed by atoms with E-state index in [0.717, 1.165) is 25.0 Å². The minimum atomic E-state index is -4.50. The van der Waals surface area contributed by atoms with Gasteiger partial charge in [0.05, 0.1) is 23.5 Å². The van der Waals surface area contributed by atoms with Gasteiger partial charge in [-0.2, -0.15) is 18.3 Å². The third-order valence-electron chi connectivity index (χ3n) is 7.09. The first kappa shape index (κ1) is 23.4. The second-order valence-corrected chi connectivity index (χ2v) is 9.60. The van der Waals surface area contributed by atoms with E-state index >= 15 is 0 Å². The normalized spacial score (nSPS) is 21.5. The highest BCUT2D eigenvalue weighted by Crippen LogP contribution is 2.34. The molecule has 0 aliphatic carbocycles. The monoisotopic (exact) mass is 487 g/mol. The molecule has 2 unspecified atom stereocenters. The lowest BCUT2D eigenvalue weighted by Gasteiger charge is -2.38. The number of aromatic nitrogens is 3. The van der Waals surface area contributed by atoms with Gasteiger partial charge in [0, 0.05) is 36.9 Å². The molecule has 1 aromatic carbocycles. The van der Waals surface area contributed by atoms with Crippen LogP contribution in [-0.4, -0.2) is 62.5 Å². The van der Waals surface area contributed by atoms with Crippen molar-refractivity contribution in [3.63, 3.8) is 0 Å². The number of nitrogens with zero attached hydrogens (tertiary/aromatic N) is 5. The number of likely N-dealkylation sites (N-methyl/N-ethyl adjacent to an activating group) is 1. The van der Waals surface area contributed by atoms with Crippen molar-refractivity contribution in [2.24, 2.45) is 0 Å². The Bertz CT molecular complexity index is 1270. The summed E-state index contributed by atoms with van der Waals surface area (Å²) in [5.41, 5.74) is 6.88. The number of nitrogens with two attached hydrogens (primary N) is 1. The van der Waals surface area contributed by atoms with E-state index in [1.807, 2.05) is 4.90 Å². The quantitative estimate of drug-likeness (QED) is 0.545. The third kappa shape index (κ3) is 4.40. The number of anilines is 2. The molecular weight excluding hydrogens is 459 g/mol. The minimum Gasteiger partial charge on any atom is -0.399 e. The number of fused-ring (bicyclic) bond motifs is 3. The summed E-state index contributed by atoms with van der Waals surface area (Å²) in [6, 6.07) is 5.40. The van der Waals surface area contributed by atoms with Gasteiger partial charge in [0.15, 0.2) is 11.5 Å². The number of carbonyl (C=O) groups is 1. The van der Waals surface area contributed by atoms with Crippen LogP contribution in [0.25, 0.3) is 5.52 Å². The molecule has 0 spiro atoms. The molecule has 1 amide bonds. The molecule has 2 aromatic heterocycles. The Morgan fingerprint density at radius 3 is 2.51 bits per heavy atom. The van der Waals surface area contributed by atoms with E-state index in [1.54, 1.807) is 30.6 Å². The summed E-state index contributed by atoms with van der Waals surface area (Å²) in [6.07, 6.45) is -0.601. The Balaban J connectivity index is 1.43. The maximum atomic E-state index is 13.3. The first-order valence-corrected chi connectivity index (χ1v) is 11.6. The first-order valence-electron chi connectivity index (χ1n) is 11.6. The van der Waals surface area contributed by atoms with Gasteiger partial charge < -0.3 is 16.0 Å². The van der Waals surface area contributed by atoms with Crippen LogP contribution >= 0.6 is 0 Å². The summed E-state index contributed by atoms with van der Waals surface area (Å²) in [7, 11) is 2.11. The Morgan fingerprint density at radius 1 is 1.17 bits per heavy atom. The van der Waals surface area contributed by atoms with Crippen molar-refractivity contribution < 1.29 is 18.0 Å². The number of rotatable bonds is 4. The van der Waals surface area contributed by atoms with Gasteiger partial charge in [0.2, 0.25) is 0 Å². The number of nitrogens with one attached hydrogen (secondary N) is 1. The Kier molecular flexibility index (Phi) is 5.62. The molecule has 186 valence electrons. The fourth-order valence-electron chi connectivity index (χ4n) is 5.14. The molecule has 2 fully saturated rings. The molecule has 35 heavy (non-hydrogen) atoms. The Labute approximate surface area is 200 Å². The number of benzene rings is 1. The van der Waals surface area contributed by atoms with Gasteiger partial charge in [-0.25, -0.2) is 9.50 Å². The number of alkyl halides is 3. The zero-order chi connectivity index (χ0) is 25.1. The lowest BCUT2D eigenvalue weighted by atomic mass is 10.0. The van der Waals surface area contributed by atoms with Crippen molar-refractivity contribution in [3.05, 3.63) is 53.0 Å². The van der Waals surface area contributed by atoms with Crippen LogP contribution in [0, 0.1) is 6.92 Å². The van der Waals surface area contributed by atoms with E-state index < -0.39 is 17.8 Å². The molecule has 2 bridgehead atoms. The van der Waals surface area contributed by atoms with Crippen LogP contribution in [0.3, 0.4) is 0 Å². The topological polar surface area (TPSA) is 91.8 Å². The molecule has 4 heterocycles.